The van der Waals surface area contributed by atoms with Gasteiger partial charge in [-0.2, -0.15) is 0 Å². The minimum Gasteiger partial charge on any atom is -0.469 e. The molecule has 5 nitrogen and oxygen atoms in total. The molecule has 3 atom stereocenters. The van der Waals surface area contributed by atoms with E-state index in [1.54, 1.807) is 0 Å². The number of aliphatic hydroxyl groups is 1. The second-order valence-electron chi connectivity index (χ2n) is 8.46. The maximum Gasteiger partial charge on any atom is 0.190 e. The molecule has 162 valence electrons. The molecule has 3 aromatic rings. The van der Waals surface area contributed by atoms with Crippen LogP contribution in [0.2, 0.25) is 0 Å². The maximum absolute atomic E-state index is 13.8. The molecule has 1 aromatic heterocycles. The van der Waals surface area contributed by atoms with Crippen molar-refractivity contribution in [2.75, 3.05) is 19.8 Å². The Bertz CT molecular complexity index is 985. The molecule has 0 bridgehead atoms. The number of hydrogen-bond donors (Lipinski definition) is 4. The topological polar surface area (TPSA) is 83.3 Å². The summed E-state index contributed by atoms with van der Waals surface area (Å²) in [5.74, 6) is 0.713. The molecular weight excluding hydrogens is 381 g/mol. The van der Waals surface area contributed by atoms with Gasteiger partial charge in [-0.15, -0.1) is 0 Å². The number of benzene rings is 2. The van der Waals surface area contributed by atoms with E-state index in [4.69, 9.17) is 10.5 Å². The Morgan fingerprint density at radius 2 is 1.90 bits per heavy atom. The molecule has 1 fully saturated rings. The third-order valence-electron chi connectivity index (χ3n) is 6.58. The van der Waals surface area contributed by atoms with E-state index in [0.717, 1.165) is 60.6 Å². The van der Waals surface area contributed by atoms with Crippen molar-refractivity contribution in [3.63, 3.8) is 0 Å². The molecule has 4 rings (SSSR count). The molecule has 0 aliphatic carbocycles. The fourth-order valence-electron chi connectivity index (χ4n) is 5.04. The molecule has 2 unspecified atom stereocenters. The molecule has 6 heteroatoms. The van der Waals surface area contributed by atoms with Crippen LogP contribution in [0.5, 0.6) is 5.75 Å². The van der Waals surface area contributed by atoms with Crippen LogP contribution in [0.1, 0.15) is 32.6 Å². The first-order chi connectivity index (χ1) is 14.6. The molecule has 2 aromatic carbocycles. The second kappa shape index (κ2) is 8.92. The lowest BCUT2D eigenvalue weighted by Crippen LogP contribution is -2.64. The highest BCUT2D eigenvalue weighted by Crippen LogP contribution is 2.40. The summed E-state index contributed by atoms with van der Waals surface area (Å²) in [7, 11) is 0. The van der Waals surface area contributed by atoms with Crippen LogP contribution in [0.3, 0.4) is 0 Å². The van der Waals surface area contributed by atoms with Crippen molar-refractivity contribution >= 4 is 21.8 Å². The average Bonchev–Trinajstić information content (AvgIpc) is 3.17. The summed E-state index contributed by atoms with van der Waals surface area (Å²) in [6, 6.07) is 13.7. The average molecular weight is 414 g/mol. The first-order valence-corrected chi connectivity index (χ1v) is 11.0. The Morgan fingerprint density at radius 3 is 2.63 bits per heavy atom. The lowest BCUT2D eigenvalue weighted by atomic mass is 9.74. The van der Waals surface area contributed by atoms with Crippen molar-refractivity contribution in [3.8, 4) is 5.75 Å². The molecule has 0 amide bonds. The number of piperidine rings is 1. The molecule has 0 saturated carbocycles. The molecular formula is C24H32FN3O2. The largest absolute Gasteiger partial charge is 0.469 e. The minimum atomic E-state index is -1.50. The summed E-state index contributed by atoms with van der Waals surface area (Å²) in [6.07, 6.45) is 2.17. The predicted octanol–water partition coefficient (Wildman–Crippen LogP) is 4.10. The quantitative estimate of drug-likeness (QED) is 0.419. The molecule has 0 radical (unpaired) electrons. The number of fused-ring (bicyclic) bond motifs is 3. The highest BCUT2D eigenvalue weighted by Gasteiger charge is 2.47. The van der Waals surface area contributed by atoms with Gasteiger partial charge in [0.1, 0.15) is 18.5 Å². The van der Waals surface area contributed by atoms with Gasteiger partial charge >= 0.3 is 0 Å². The van der Waals surface area contributed by atoms with E-state index in [9.17, 15) is 9.50 Å². The van der Waals surface area contributed by atoms with Gasteiger partial charge in [-0.3, -0.25) is 5.73 Å². The Labute approximate surface area is 176 Å². The highest BCUT2D eigenvalue weighted by molar-refractivity contribution is 6.10. The zero-order chi connectivity index (χ0) is 21.1. The summed E-state index contributed by atoms with van der Waals surface area (Å²) in [4.78, 5) is 3.40. The lowest BCUT2D eigenvalue weighted by molar-refractivity contribution is -0.116. The van der Waals surface area contributed by atoms with Gasteiger partial charge in [0.2, 0.25) is 0 Å². The van der Waals surface area contributed by atoms with Gasteiger partial charge in [-0.05, 0) is 56.5 Å². The first kappa shape index (κ1) is 21.1. The Kier molecular flexibility index (Phi) is 6.27. The Morgan fingerprint density at radius 1 is 1.17 bits per heavy atom. The van der Waals surface area contributed by atoms with Gasteiger partial charge in [0.05, 0.1) is 5.52 Å². The van der Waals surface area contributed by atoms with Crippen molar-refractivity contribution < 1.29 is 14.2 Å². The summed E-state index contributed by atoms with van der Waals surface area (Å²) >= 11 is 0. The summed E-state index contributed by atoms with van der Waals surface area (Å²) in [5, 5.41) is 16.1. The summed E-state index contributed by atoms with van der Waals surface area (Å²) < 4.78 is 20.3. The number of ether oxygens (including phenoxy) is 1. The molecule has 2 heterocycles. The number of aromatic amines is 1. The van der Waals surface area contributed by atoms with Crippen molar-refractivity contribution in [2.45, 2.75) is 44.4 Å². The van der Waals surface area contributed by atoms with Crippen LogP contribution in [-0.4, -0.2) is 41.7 Å². The van der Waals surface area contributed by atoms with Gasteiger partial charge in [-0.1, -0.05) is 37.6 Å². The van der Waals surface area contributed by atoms with E-state index in [-0.39, 0.29) is 11.8 Å². The molecule has 1 aliphatic heterocycles. The number of hydrogen-bond acceptors (Lipinski definition) is 4. The van der Waals surface area contributed by atoms with E-state index in [0.29, 0.717) is 5.75 Å². The van der Waals surface area contributed by atoms with Gasteiger partial charge in [0, 0.05) is 22.2 Å². The fraction of sp³-hybridized carbons (Fsp3) is 0.500. The molecule has 30 heavy (non-hydrogen) atoms. The molecule has 1 saturated heterocycles. The standard InChI is InChI=1S/C24H32FN3O2/c1-2-6-18(16-11-13-27-14-12-16)24(26,22(29)15-25)30-21-10-5-9-20-23(21)17-7-3-4-8-19(17)28-20/h3-5,7-10,16,18,22,27-29H,2,6,11-15,26H2,1H3/t18?,22-,24?/m1/s1. The van der Waals surface area contributed by atoms with E-state index in [1.165, 1.54) is 0 Å². The molecule has 5 N–H and O–H groups in total. The number of aromatic nitrogens is 1. The molecule has 1 aliphatic rings. The van der Waals surface area contributed by atoms with Crippen molar-refractivity contribution in [1.29, 1.82) is 0 Å². The van der Waals surface area contributed by atoms with Crippen molar-refractivity contribution in [1.82, 2.24) is 10.3 Å². The third-order valence-corrected chi connectivity index (χ3v) is 6.58. The second-order valence-corrected chi connectivity index (χ2v) is 8.46. The number of H-pyrrole nitrogens is 1. The number of nitrogens with one attached hydrogen (secondary N) is 2. The zero-order valence-electron chi connectivity index (χ0n) is 17.5. The molecule has 0 spiro atoms. The van der Waals surface area contributed by atoms with Crippen LogP contribution in [0.25, 0.3) is 21.8 Å². The maximum atomic E-state index is 13.8. The number of nitrogens with two attached hydrogens (primary N) is 1. The normalized spacial score (nSPS) is 19.6. The van der Waals surface area contributed by atoms with Gasteiger partial charge in [0.25, 0.3) is 0 Å². The SMILES string of the molecule is CCCC(C1CCNCC1)C(N)(Oc1cccc2[nH]c3ccccc3c12)[C@H](O)CF. The highest BCUT2D eigenvalue weighted by atomic mass is 19.1. The van der Waals surface area contributed by atoms with E-state index < -0.39 is 18.5 Å². The van der Waals surface area contributed by atoms with E-state index in [1.807, 2.05) is 42.5 Å². The van der Waals surface area contributed by atoms with Crippen LogP contribution in [0, 0.1) is 11.8 Å². The third kappa shape index (κ3) is 3.80. The zero-order valence-corrected chi connectivity index (χ0v) is 17.5. The Hall–Kier alpha value is -2.15. The Balaban J connectivity index is 1.79. The van der Waals surface area contributed by atoms with Crippen LogP contribution < -0.4 is 15.8 Å². The number of aliphatic hydroxyl groups excluding tert-OH is 1. The smallest absolute Gasteiger partial charge is 0.190 e. The predicted molar refractivity (Wildman–Crippen MR) is 119 cm³/mol. The van der Waals surface area contributed by atoms with Crippen LogP contribution in [0.15, 0.2) is 42.5 Å². The van der Waals surface area contributed by atoms with Crippen LogP contribution in [0.4, 0.5) is 4.39 Å². The van der Waals surface area contributed by atoms with E-state index in [2.05, 4.69) is 17.2 Å². The first-order valence-electron chi connectivity index (χ1n) is 11.0. The number of rotatable bonds is 8. The van der Waals surface area contributed by atoms with Gasteiger partial charge in [0.15, 0.2) is 5.72 Å². The van der Waals surface area contributed by atoms with Crippen LogP contribution in [-0.2, 0) is 0 Å². The summed E-state index contributed by atoms with van der Waals surface area (Å²) in [6.45, 7) is 2.97. The number of alkyl halides is 1. The van der Waals surface area contributed by atoms with E-state index >= 15 is 0 Å². The number of para-hydroxylation sites is 1. The van der Waals surface area contributed by atoms with Crippen molar-refractivity contribution in [2.24, 2.45) is 17.6 Å². The lowest BCUT2D eigenvalue weighted by Gasteiger charge is -2.45. The fourth-order valence-corrected chi connectivity index (χ4v) is 5.04. The van der Waals surface area contributed by atoms with Crippen LogP contribution >= 0.6 is 0 Å². The number of halogens is 1. The van der Waals surface area contributed by atoms with Crippen molar-refractivity contribution in [3.05, 3.63) is 42.5 Å². The van der Waals surface area contributed by atoms with Gasteiger partial charge in [-0.25, -0.2) is 4.39 Å². The minimum absolute atomic E-state index is 0.143. The monoisotopic (exact) mass is 413 g/mol. The summed E-state index contributed by atoms with van der Waals surface area (Å²) in [5.41, 5.74) is 7.24. The van der Waals surface area contributed by atoms with Gasteiger partial charge < -0.3 is 20.1 Å².